The fraction of sp³-hybridized carbons (Fsp3) is 0.846. The molecule has 1 aromatic heterocycles. The van der Waals surface area contributed by atoms with E-state index in [9.17, 15) is 8.42 Å². The van der Waals surface area contributed by atoms with Crippen LogP contribution in [0.15, 0.2) is 4.42 Å². The maximum Gasteiger partial charge on any atom is 0.246 e. The third-order valence-corrected chi connectivity index (χ3v) is 5.85. The van der Waals surface area contributed by atoms with E-state index in [4.69, 9.17) is 9.15 Å². The van der Waals surface area contributed by atoms with Gasteiger partial charge in [-0.25, -0.2) is 8.42 Å². The molecule has 0 radical (unpaired) electrons. The summed E-state index contributed by atoms with van der Waals surface area (Å²) in [4.78, 5) is 0. The number of nitrogens with zero attached hydrogens (tertiary/aromatic N) is 3. The van der Waals surface area contributed by atoms with Crippen molar-refractivity contribution >= 4 is 10.0 Å². The lowest BCUT2D eigenvalue weighted by atomic mass is 10.1. The van der Waals surface area contributed by atoms with Gasteiger partial charge in [0.05, 0.1) is 12.4 Å². The lowest BCUT2D eigenvalue weighted by Gasteiger charge is -2.31. The van der Waals surface area contributed by atoms with Crippen molar-refractivity contribution in [3.05, 3.63) is 11.8 Å². The number of aromatic nitrogens is 2. The summed E-state index contributed by atoms with van der Waals surface area (Å²) >= 11 is 0. The predicted molar refractivity (Wildman–Crippen MR) is 77.2 cm³/mol. The van der Waals surface area contributed by atoms with E-state index in [-0.39, 0.29) is 18.2 Å². The summed E-state index contributed by atoms with van der Waals surface area (Å²) in [5.74, 6) is 1.18. The van der Waals surface area contributed by atoms with Gasteiger partial charge >= 0.3 is 0 Å². The monoisotopic (exact) mass is 317 g/mol. The van der Waals surface area contributed by atoms with Crippen LogP contribution in [0, 0.1) is 12.8 Å². The van der Waals surface area contributed by atoms with Crippen LogP contribution >= 0.6 is 0 Å². The van der Waals surface area contributed by atoms with Crippen molar-refractivity contribution in [3.63, 3.8) is 0 Å². The van der Waals surface area contributed by atoms with Crippen molar-refractivity contribution in [2.45, 2.75) is 39.7 Å². The van der Waals surface area contributed by atoms with Gasteiger partial charge in [0.1, 0.15) is 6.10 Å². The molecule has 0 amide bonds. The van der Waals surface area contributed by atoms with Crippen LogP contribution in [0.4, 0.5) is 0 Å². The molecule has 2 rings (SSSR count). The zero-order chi connectivity index (χ0) is 15.5. The molecular weight excluding hydrogens is 294 g/mol. The highest BCUT2D eigenvalue weighted by atomic mass is 32.2. The number of sulfonamides is 1. The van der Waals surface area contributed by atoms with Gasteiger partial charge in [0.25, 0.3) is 0 Å². The molecule has 7 nitrogen and oxygen atoms in total. The molecule has 0 unspecified atom stereocenters. The highest BCUT2D eigenvalue weighted by molar-refractivity contribution is 7.89. The second-order valence-corrected chi connectivity index (χ2v) is 7.35. The molecule has 2 heterocycles. The van der Waals surface area contributed by atoms with Gasteiger partial charge in [-0.05, 0) is 5.92 Å². The predicted octanol–water partition coefficient (Wildman–Crippen LogP) is 1.52. The Morgan fingerprint density at radius 3 is 2.62 bits per heavy atom. The van der Waals surface area contributed by atoms with Crippen LogP contribution in [-0.4, -0.2) is 48.4 Å². The van der Waals surface area contributed by atoms with Gasteiger partial charge < -0.3 is 9.15 Å². The smallest absolute Gasteiger partial charge is 0.246 e. The molecule has 0 N–H and O–H groups in total. The Morgan fingerprint density at radius 1 is 1.33 bits per heavy atom. The van der Waals surface area contributed by atoms with Gasteiger partial charge in [0.15, 0.2) is 0 Å². The van der Waals surface area contributed by atoms with Crippen molar-refractivity contribution in [1.82, 2.24) is 14.5 Å². The summed E-state index contributed by atoms with van der Waals surface area (Å²) in [7, 11) is -3.28. The highest BCUT2D eigenvalue weighted by Crippen LogP contribution is 2.24. The second-order valence-electron chi connectivity index (χ2n) is 5.34. The number of ether oxygens (including phenoxy) is 1. The number of hydrogen-bond acceptors (Lipinski definition) is 6. The normalized spacial score (nSPS) is 21.0. The summed E-state index contributed by atoms with van der Waals surface area (Å²) in [6.07, 6.45) is 1.26. The molecule has 0 spiro atoms. The zero-order valence-corrected chi connectivity index (χ0v) is 13.6. The molecule has 1 aliphatic heterocycles. The molecule has 0 aliphatic carbocycles. The second kappa shape index (κ2) is 6.85. The summed E-state index contributed by atoms with van der Waals surface area (Å²) in [5.41, 5.74) is 0. The van der Waals surface area contributed by atoms with Gasteiger partial charge in [-0.15, -0.1) is 10.2 Å². The van der Waals surface area contributed by atoms with Crippen molar-refractivity contribution in [2.24, 2.45) is 5.92 Å². The van der Waals surface area contributed by atoms with E-state index >= 15 is 0 Å². The SMILES string of the molecule is CCC(CC)CS(=O)(=O)N1CCO[C@H](c2nnc(C)o2)C1. The van der Waals surface area contributed by atoms with Crippen LogP contribution in [0.2, 0.25) is 0 Å². The third-order valence-electron chi connectivity index (χ3n) is 3.84. The minimum atomic E-state index is -3.28. The maximum absolute atomic E-state index is 12.5. The van der Waals surface area contributed by atoms with E-state index in [0.717, 1.165) is 12.8 Å². The molecule has 1 saturated heterocycles. The average molecular weight is 317 g/mol. The van der Waals surface area contributed by atoms with Gasteiger partial charge in [0, 0.05) is 20.0 Å². The van der Waals surface area contributed by atoms with Crippen molar-refractivity contribution < 1.29 is 17.6 Å². The van der Waals surface area contributed by atoms with Crippen LogP contribution in [0.1, 0.15) is 44.6 Å². The summed E-state index contributed by atoms with van der Waals surface area (Å²) < 4.78 is 37.4. The molecule has 0 bridgehead atoms. The lowest BCUT2D eigenvalue weighted by Crippen LogP contribution is -2.44. The van der Waals surface area contributed by atoms with Crippen molar-refractivity contribution in [3.8, 4) is 0 Å². The van der Waals surface area contributed by atoms with Gasteiger partial charge in [0.2, 0.25) is 21.8 Å². The molecule has 120 valence electrons. The van der Waals surface area contributed by atoms with E-state index in [0.29, 0.717) is 24.9 Å². The number of hydrogen-bond donors (Lipinski definition) is 0. The molecule has 0 aromatic carbocycles. The zero-order valence-electron chi connectivity index (χ0n) is 12.8. The first-order chi connectivity index (χ1) is 9.96. The minimum Gasteiger partial charge on any atom is -0.423 e. The van der Waals surface area contributed by atoms with Crippen LogP contribution in [-0.2, 0) is 14.8 Å². The summed E-state index contributed by atoms with van der Waals surface area (Å²) in [6, 6.07) is 0. The largest absolute Gasteiger partial charge is 0.423 e. The Kier molecular flexibility index (Phi) is 5.34. The fourth-order valence-electron chi connectivity index (χ4n) is 2.40. The molecule has 1 fully saturated rings. The van der Waals surface area contributed by atoms with Crippen molar-refractivity contribution in [1.29, 1.82) is 0 Å². The van der Waals surface area contributed by atoms with Gasteiger partial charge in [-0.3, -0.25) is 0 Å². The Hall–Kier alpha value is -0.990. The maximum atomic E-state index is 12.5. The van der Waals surface area contributed by atoms with E-state index in [1.54, 1.807) is 6.92 Å². The Bertz CT molecular complexity index is 554. The molecule has 21 heavy (non-hydrogen) atoms. The fourth-order valence-corrected chi connectivity index (χ4v) is 4.39. The van der Waals surface area contributed by atoms with Crippen LogP contribution < -0.4 is 0 Å². The summed E-state index contributed by atoms with van der Waals surface area (Å²) in [5, 5.41) is 7.68. The molecule has 0 saturated carbocycles. The Labute approximate surface area is 125 Å². The first-order valence-corrected chi connectivity index (χ1v) is 8.96. The quantitative estimate of drug-likeness (QED) is 0.790. The first kappa shape index (κ1) is 16.4. The van der Waals surface area contributed by atoms with E-state index in [2.05, 4.69) is 10.2 Å². The molecular formula is C13H23N3O4S. The summed E-state index contributed by atoms with van der Waals surface area (Å²) in [6.45, 7) is 6.70. The first-order valence-electron chi connectivity index (χ1n) is 7.35. The molecule has 1 atom stereocenters. The van der Waals surface area contributed by atoms with Gasteiger partial charge in [-0.1, -0.05) is 26.7 Å². The van der Waals surface area contributed by atoms with Crippen LogP contribution in [0.3, 0.4) is 0 Å². The van der Waals surface area contributed by atoms with Crippen LogP contribution in [0.5, 0.6) is 0 Å². The minimum absolute atomic E-state index is 0.190. The molecule has 1 aliphatic rings. The Morgan fingerprint density at radius 2 is 2.05 bits per heavy atom. The van der Waals surface area contributed by atoms with Crippen LogP contribution in [0.25, 0.3) is 0 Å². The molecule has 8 heteroatoms. The van der Waals surface area contributed by atoms with E-state index < -0.39 is 16.1 Å². The standard InChI is InChI=1S/C13H23N3O4S/c1-4-11(5-2)9-21(17,18)16-6-7-19-12(8-16)13-15-14-10(3)20-13/h11-12H,4-9H2,1-3H3/t12-/m0/s1. The third kappa shape index (κ3) is 4.02. The number of aryl methyl sites for hydroxylation is 1. The van der Waals surface area contributed by atoms with Crippen molar-refractivity contribution in [2.75, 3.05) is 25.4 Å². The van der Waals surface area contributed by atoms with Gasteiger partial charge in [-0.2, -0.15) is 4.31 Å². The lowest BCUT2D eigenvalue weighted by molar-refractivity contribution is -0.0177. The van der Waals surface area contributed by atoms with E-state index in [1.807, 2.05) is 13.8 Å². The number of morpholine rings is 1. The van der Waals surface area contributed by atoms with E-state index in [1.165, 1.54) is 4.31 Å². The Balaban J connectivity index is 2.06. The molecule has 1 aromatic rings. The highest BCUT2D eigenvalue weighted by Gasteiger charge is 2.33. The average Bonchev–Trinajstić information content (AvgIpc) is 2.91. The topological polar surface area (TPSA) is 85.5 Å². The number of rotatable bonds is 6.